The third kappa shape index (κ3) is 4.03. The smallest absolute Gasteiger partial charge is 0.349 e. The Hall–Kier alpha value is -3.85. The fraction of sp³-hybridized carbons (Fsp3) is 0.292. The fourth-order valence-corrected chi connectivity index (χ4v) is 4.16. The molecule has 0 saturated carbocycles. The van der Waals surface area contributed by atoms with Crippen molar-refractivity contribution >= 4 is 27.9 Å². The average Bonchev–Trinajstić information content (AvgIpc) is 3.24. The van der Waals surface area contributed by atoms with E-state index in [1.807, 2.05) is 18.2 Å². The van der Waals surface area contributed by atoms with Crippen LogP contribution in [0.15, 0.2) is 51.7 Å². The van der Waals surface area contributed by atoms with E-state index in [-0.39, 0.29) is 11.5 Å². The Morgan fingerprint density at radius 3 is 2.67 bits per heavy atom. The molecule has 9 heteroatoms. The molecule has 2 aromatic carbocycles. The summed E-state index contributed by atoms with van der Waals surface area (Å²) in [5.41, 5.74) is 1.54. The minimum atomic E-state index is -0.655. The number of nitrogens with zero attached hydrogens (tertiary/aromatic N) is 3. The van der Waals surface area contributed by atoms with E-state index in [4.69, 9.17) is 13.9 Å². The van der Waals surface area contributed by atoms with Crippen LogP contribution < -0.4 is 15.1 Å². The number of carbonyl (C=O) groups is 1. The van der Waals surface area contributed by atoms with Gasteiger partial charge in [-0.2, -0.15) is 0 Å². The molecule has 0 spiro atoms. The van der Waals surface area contributed by atoms with Crippen molar-refractivity contribution in [1.29, 1.82) is 0 Å². The van der Waals surface area contributed by atoms with Crippen molar-refractivity contribution in [2.45, 2.75) is 6.54 Å². The number of ether oxygens (including phenoxy) is 2. The van der Waals surface area contributed by atoms with Crippen LogP contribution in [0.2, 0.25) is 0 Å². The summed E-state index contributed by atoms with van der Waals surface area (Å²) >= 11 is 0. The maximum absolute atomic E-state index is 13.0. The zero-order chi connectivity index (χ0) is 22.9. The maximum Gasteiger partial charge on any atom is 0.349 e. The molecule has 0 radical (unpaired) electrons. The van der Waals surface area contributed by atoms with Crippen LogP contribution in [0.5, 0.6) is 11.5 Å². The summed E-state index contributed by atoms with van der Waals surface area (Å²) in [6.07, 6.45) is 0. The van der Waals surface area contributed by atoms with Crippen molar-refractivity contribution in [2.75, 3.05) is 40.4 Å². The Labute approximate surface area is 189 Å². The first-order chi connectivity index (χ1) is 16.1. The molecule has 0 unspecified atom stereocenters. The molecule has 170 valence electrons. The third-order valence-electron chi connectivity index (χ3n) is 5.95. The van der Waals surface area contributed by atoms with Crippen molar-refractivity contribution in [1.82, 2.24) is 19.8 Å². The van der Waals surface area contributed by atoms with Gasteiger partial charge < -0.3 is 23.8 Å². The van der Waals surface area contributed by atoms with Crippen LogP contribution in [0.1, 0.15) is 16.2 Å². The number of H-pyrrole nitrogens is 1. The minimum Gasteiger partial charge on any atom is -0.497 e. The number of rotatable bonds is 5. The van der Waals surface area contributed by atoms with Crippen molar-refractivity contribution in [3.63, 3.8) is 0 Å². The number of hydrogen-bond donors (Lipinski definition) is 1. The Bertz CT molecular complexity index is 1380. The van der Waals surface area contributed by atoms with Gasteiger partial charge in [-0.15, -0.1) is 0 Å². The van der Waals surface area contributed by atoms with Gasteiger partial charge in [0.1, 0.15) is 17.1 Å². The van der Waals surface area contributed by atoms with Crippen LogP contribution in [0, 0.1) is 0 Å². The van der Waals surface area contributed by atoms with Gasteiger partial charge in [0.2, 0.25) is 0 Å². The van der Waals surface area contributed by atoms with E-state index in [1.54, 1.807) is 36.3 Å². The summed E-state index contributed by atoms with van der Waals surface area (Å²) in [6.45, 7) is 3.04. The molecule has 1 N–H and O–H groups in total. The standard InChI is InChI=1S/C24H24N4O5/c1-31-16-6-7-18-19(13-16)26-21(25-18)14-27-8-10-28(11-9-27)23(29)17-12-15-4-3-5-20(32-2)22(15)33-24(17)30/h3-7,12-13H,8-11,14H2,1-2H3,(H,25,26). The van der Waals surface area contributed by atoms with E-state index >= 15 is 0 Å². The topological polar surface area (TPSA) is 101 Å². The molecular formula is C24H24N4O5. The number of benzene rings is 2. The monoisotopic (exact) mass is 448 g/mol. The normalized spacial score (nSPS) is 14.7. The molecule has 1 aliphatic rings. The first-order valence-electron chi connectivity index (χ1n) is 10.7. The lowest BCUT2D eigenvalue weighted by Crippen LogP contribution is -2.49. The van der Waals surface area contributed by atoms with Gasteiger partial charge >= 0.3 is 5.63 Å². The molecule has 1 aliphatic heterocycles. The third-order valence-corrected chi connectivity index (χ3v) is 5.95. The highest BCUT2D eigenvalue weighted by atomic mass is 16.5. The highest BCUT2D eigenvalue weighted by molar-refractivity contribution is 5.97. The lowest BCUT2D eigenvalue weighted by atomic mass is 10.1. The number of carbonyl (C=O) groups excluding carboxylic acids is 1. The second kappa shape index (κ2) is 8.59. The number of hydrogen-bond acceptors (Lipinski definition) is 7. The Morgan fingerprint density at radius 2 is 1.91 bits per heavy atom. The molecule has 1 saturated heterocycles. The predicted molar refractivity (Wildman–Crippen MR) is 123 cm³/mol. The summed E-state index contributed by atoms with van der Waals surface area (Å²) < 4.78 is 15.9. The average molecular weight is 448 g/mol. The van der Waals surface area contributed by atoms with Gasteiger partial charge in [-0.3, -0.25) is 9.69 Å². The van der Waals surface area contributed by atoms with Gasteiger partial charge in [0.25, 0.3) is 5.91 Å². The van der Waals surface area contributed by atoms with Gasteiger partial charge in [0.15, 0.2) is 11.3 Å². The van der Waals surface area contributed by atoms with Crippen molar-refractivity contribution in [3.8, 4) is 11.5 Å². The van der Waals surface area contributed by atoms with E-state index in [0.717, 1.165) is 22.6 Å². The summed E-state index contributed by atoms with van der Waals surface area (Å²) in [4.78, 5) is 37.5. The fourth-order valence-electron chi connectivity index (χ4n) is 4.16. The van der Waals surface area contributed by atoms with E-state index < -0.39 is 5.63 Å². The first kappa shape index (κ1) is 21.0. The molecule has 0 bridgehead atoms. The number of amides is 1. The van der Waals surface area contributed by atoms with Gasteiger partial charge in [-0.25, -0.2) is 9.78 Å². The van der Waals surface area contributed by atoms with E-state index in [1.165, 1.54) is 7.11 Å². The molecule has 9 nitrogen and oxygen atoms in total. The van der Waals surface area contributed by atoms with Gasteiger partial charge in [-0.05, 0) is 24.3 Å². The molecule has 33 heavy (non-hydrogen) atoms. The Kier molecular flexibility index (Phi) is 5.47. The molecule has 1 fully saturated rings. The molecule has 0 atom stereocenters. The van der Waals surface area contributed by atoms with Gasteiger partial charge in [-0.1, -0.05) is 12.1 Å². The largest absolute Gasteiger partial charge is 0.497 e. The summed E-state index contributed by atoms with van der Waals surface area (Å²) in [6, 6.07) is 12.6. The first-order valence-corrected chi connectivity index (χ1v) is 10.7. The van der Waals surface area contributed by atoms with Gasteiger partial charge in [0.05, 0.1) is 31.8 Å². The van der Waals surface area contributed by atoms with Crippen LogP contribution in [0.4, 0.5) is 0 Å². The quantitative estimate of drug-likeness (QED) is 0.469. The zero-order valence-electron chi connectivity index (χ0n) is 18.5. The van der Waals surface area contributed by atoms with Crippen molar-refractivity contribution in [2.24, 2.45) is 0 Å². The number of aromatic amines is 1. The van der Waals surface area contributed by atoms with Crippen LogP contribution >= 0.6 is 0 Å². The molecular weight excluding hydrogens is 424 g/mol. The second-order valence-electron chi connectivity index (χ2n) is 7.96. The number of fused-ring (bicyclic) bond motifs is 2. The lowest BCUT2D eigenvalue weighted by molar-refractivity contribution is 0.0622. The van der Waals surface area contributed by atoms with Crippen molar-refractivity contribution in [3.05, 3.63) is 64.3 Å². The van der Waals surface area contributed by atoms with Crippen LogP contribution in [0.3, 0.4) is 0 Å². The predicted octanol–water partition coefficient (Wildman–Crippen LogP) is 2.64. The SMILES string of the molecule is COc1ccc2nc(CN3CCN(C(=O)c4cc5cccc(OC)c5oc4=O)CC3)[nH]c2c1. The molecule has 5 rings (SSSR count). The highest BCUT2D eigenvalue weighted by Crippen LogP contribution is 2.25. The van der Waals surface area contributed by atoms with Crippen LogP contribution in [-0.4, -0.2) is 66.1 Å². The number of piperazine rings is 1. The number of aromatic nitrogens is 2. The van der Waals surface area contributed by atoms with E-state index in [9.17, 15) is 9.59 Å². The number of imidazole rings is 1. The number of methoxy groups -OCH3 is 2. The Morgan fingerprint density at radius 1 is 1.09 bits per heavy atom. The summed E-state index contributed by atoms with van der Waals surface area (Å²) in [5.74, 6) is 1.79. The van der Waals surface area contributed by atoms with Crippen LogP contribution in [-0.2, 0) is 6.54 Å². The molecule has 4 aromatic rings. The van der Waals surface area contributed by atoms with Crippen molar-refractivity contribution < 1.29 is 18.7 Å². The highest BCUT2D eigenvalue weighted by Gasteiger charge is 2.25. The van der Waals surface area contributed by atoms with E-state index in [0.29, 0.717) is 49.4 Å². The Balaban J connectivity index is 1.27. The lowest BCUT2D eigenvalue weighted by Gasteiger charge is -2.34. The molecule has 3 heterocycles. The molecule has 0 aliphatic carbocycles. The molecule has 2 aromatic heterocycles. The van der Waals surface area contributed by atoms with E-state index in [2.05, 4.69) is 14.9 Å². The zero-order valence-corrected chi connectivity index (χ0v) is 18.5. The second-order valence-corrected chi connectivity index (χ2v) is 7.96. The number of nitrogens with one attached hydrogen (secondary N) is 1. The summed E-state index contributed by atoms with van der Waals surface area (Å²) in [5, 5.41) is 0.650. The van der Waals surface area contributed by atoms with Crippen LogP contribution in [0.25, 0.3) is 22.0 Å². The number of para-hydroxylation sites is 1. The molecule has 1 amide bonds. The summed E-state index contributed by atoms with van der Waals surface area (Å²) in [7, 11) is 3.15. The maximum atomic E-state index is 13.0. The minimum absolute atomic E-state index is 0.0374. The van der Waals surface area contributed by atoms with Gasteiger partial charge in [0, 0.05) is 37.6 Å².